The first-order chi connectivity index (χ1) is 16.9. The number of hydrogen-bond donors (Lipinski definition) is 1. The van der Waals surface area contributed by atoms with Crippen molar-refractivity contribution in [2.45, 2.75) is 97.9 Å². The summed E-state index contributed by atoms with van der Waals surface area (Å²) in [6.07, 6.45) is -0.921. The maximum atomic E-state index is 13.2. The van der Waals surface area contributed by atoms with Gasteiger partial charge < -0.3 is 28.9 Å². The van der Waals surface area contributed by atoms with E-state index in [0.717, 1.165) is 11.3 Å². The van der Waals surface area contributed by atoms with E-state index >= 15 is 0 Å². The lowest BCUT2D eigenvalue weighted by atomic mass is 10.0. The number of rotatable bonds is 12. The number of carbonyl (C=O) groups is 2. The van der Waals surface area contributed by atoms with Crippen molar-refractivity contribution in [3.05, 3.63) is 29.8 Å². The van der Waals surface area contributed by atoms with E-state index in [9.17, 15) is 9.59 Å². The Morgan fingerprint density at radius 3 is 2.08 bits per heavy atom. The zero-order valence-electron chi connectivity index (χ0n) is 25.1. The number of hydrogen-bond acceptors (Lipinski definition) is 6. The minimum atomic E-state index is -2.22. The van der Waals surface area contributed by atoms with E-state index in [-0.39, 0.29) is 23.5 Å². The van der Waals surface area contributed by atoms with Crippen LogP contribution >= 0.6 is 0 Å². The predicted molar refractivity (Wildman–Crippen MR) is 150 cm³/mol. The van der Waals surface area contributed by atoms with Crippen molar-refractivity contribution in [3.8, 4) is 5.75 Å². The number of nitrogens with zero attached hydrogens (tertiary/aromatic N) is 1. The summed E-state index contributed by atoms with van der Waals surface area (Å²) in [5.74, 6) is 0.176. The van der Waals surface area contributed by atoms with Crippen LogP contribution < -0.4 is 10.1 Å². The number of benzene rings is 1. The minimum absolute atomic E-state index is 0.0471. The third-order valence-corrected chi connectivity index (χ3v) is 11.1. The van der Waals surface area contributed by atoms with E-state index < -0.39 is 32.0 Å². The van der Waals surface area contributed by atoms with Crippen LogP contribution in [0.1, 0.15) is 61.0 Å². The molecule has 3 atom stereocenters. The van der Waals surface area contributed by atoms with Crippen LogP contribution in [0.3, 0.4) is 0 Å². The molecule has 1 aromatic rings. The molecule has 0 bridgehead atoms. The molecule has 37 heavy (non-hydrogen) atoms. The van der Waals surface area contributed by atoms with Crippen LogP contribution in [0.15, 0.2) is 24.3 Å². The third-order valence-electron chi connectivity index (χ3n) is 6.57. The number of carbonyl (C=O) groups excluding carboxylic acids is 2. The molecule has 0 aromatic heterocycles. The summed E-state index contributed by atoms with van der Waals surface area (Å²) in [6.45, 7) is 21.1. The van der Waals surface area contributed by atoms with Gasteiger partial charge in [0, 0.05) is 19.6 Å². The summed E-state index contributed by atoms with van der Waals surface area (Å²) in [5, 5.41) is 3.00. The van der Waals surface area contributed by atoms with Gasteiger partial charge in [-0.2, -0.15) is 0 Å². The summed E-state index contributed by atoms with van der Waals surface area (Å²) < 4.78 is 23.2. The van der Waals surface area contributed by atoms with Crippen molar-refractivity contribution in [1.82, 2.24) is 10.2 Å². The van der Waals surface area contributed by atoms with Crippen LogP contribution in [0.5, 0.6) is 5.75 Å². The fraction of sp³-hybridized carbons (Fsp3) is 0.714. The summed E-state index contributed by atoms with van der Waals surface area (Å²) in [6, 6.07) is 7.50. The number of likely N-dealkylation sites (N-methyl/N-ethyl adjacent to an activating group) is 1. The molecule has 212 valence electrons. The maximum Gasteiger partial charge on any atom is 0.410 e. The first-order valence-corrected chi connectivity index (χ1v) is 15.9. The van der Waals surface area contributed by atoms with Crippen molar-refractivity contribution in [1.29, 1.82) is 0 Å². The molecule has 0 aliphatic rings. The average molecular weight is 539 g/mol. The van der Waals surface area contributed by atoms with E-state index in [1.807, 2.05) is 58.9 Å². The van der Waals surface area contributed by atoms with E-state index in [4.69, 9.17) is 18.6 Å². The van der Waals surface area contributed by atoms with E-state index in [1.165, 1.54) is 4.90 Å². The van der Waals surface area contributed by atoms with Crippen LogP contribution in [0.4, 0.5) is 4.79 Å². The van der Waals surface area contributed by atoms with Crippen LogP contribution in [0.25, 0.3) is 0 Å². The number of methoxy groups -OCH3 is 1. The summed E-state index contributed by atoms with van der Waals surface area (Å²) in [4.78, 5) is 27.4. The largest absolute Gasteiger partial charge is 0.497 e. The molecule has 1 aromatic carbocycles. The Morgan fingerprint density at radius 2 is 1.59 bits per heavy atom. The molecule has 1 N–H and O–H groups in total. The van der Waals surface area contributed by atoms with Gasteiger partial charge in [-0.3, -0.25) is 4.79 Å². The second-order valence-corrected chi connectivity index (χ2v) is 17.1. The average Bonchev–Trinajstić information content (AvgIpc) is 2.76. The Bertz CT molecular complexity index is 861. The minimum Gasteiger partial charge on any atom is -0.497 e. The molecular formula is C28H50N2O6Si. The second-order valence-electron chi connectivity index (χ2n) is 12.3. The van der Waals surface area contributed by atoms with Gasteiger partial charge in [0.25, 0.3) is 0 Å². The van der Waals surface area contributed by atoms with Crippen molar-refractivity contribution in [2.75, 3.05) is 27.3 Å². The fourth-order valence-electron chi connectivity index (χ4n) is 3.20. The molecular weight excluding hydrogens is 488 g/mol. The molecule has 2 amide bonds. The van der Waals surface area contributed by atoms with Gasteiger partial charge in [0.1, 0.15) is 11.4 Å². The highest BCUT2D eigenvalue weighted by Gasteiger charge is 2.42. The third kappa shape index (κ3) is 11.4. The van der Waals surface area contributed by atoms with E-state index in [0.29, 0.717) is 13.2 Å². The van der Waals surface area contributed by atoms with Gasteiger partial charge in [0.15, 0.2) is 8.32 Å². The number of amides is 2. The Morgan fingerprint density at radius 1 is 1.03 bits per heavy atom. The van der Waals surface area contributed by atoms with Gasteiger partial charge in [-0.25, -0.2) is 4.79 Å². The van der Waals surface area contributed by atoms with Crippen LogP contribution in [-0.4, -0.2) is 70.3 Å². The summed E-state index contributed by atoms with van der Waals surface area (Å²) >= 11 is 0. The van der Waals surface area contributed by atoms with Crippen molar-refractivity contribution < 1.29 is 28.2 Å². The fourth-order valence-corrected chi connectivity index (χ4v) is 4.59. The lowest BCUT2D eigenvalue weighted by Crippen LogP contribution is -2.53. The first kappa shape index (κ1) is 32.9. The molecule has 8 nitrogen and oxygen atoms in total. The monoisotopic (exact) mass is 538 g/mol. The van der Waals surface area contributed by atoms with Crippen molar-refractivity contribution >= 4 is 20.3 Å². The van der Waals surface area contributed by atoms with Crippen LogP contribution in [0.2, 0.25) is 18.1 Å². The molecule has 1 rings (SSSR count). The summed E-state index contributed by atoms with van der Waals surface area (Å²) in [7, 11) is 1.09. The highest BCUT2D eigenvalue weighted by atomic mass is 28.4. The standard InChI is InChI=1S/C28H50N2O6Si/c1-20(18-34-19-22-13-15-23(33-10)16-14-22)29-25(31)21(2)24(36-37(11,12)28(6,7)8)17-30(9)26(32)35-27(3,4)5/h13-16,20-21,24H,17-19H2,1-12H3,(H,29,31)/t20-,21-,24+/m0/s1. The van der Waals surface area contributed by atoms with Gasteiger partial charge in [0.2, 0.25) is 5.91 Å². The first-order valence-electron chi connectivity index (χ1n) is 13.0. The quantitative estimate of drug-likeness (QED) is 0.348. The molecule has 0 aliphatic carbocycles. The molecule has 0 aliphatic heterocycles. The van der Waals surface area contributed by atoms with E-state index in [2.05, 4.69) is 39.2 Å². The van der Waals surface area contributed by atoms with Crippen molar-refractivity contribution in [2.24, 2.45) is 5.92 Å². The Labute approximate surface area is 225 Å². The lowest BCUT2D eigenvalue weighted by Gasteiger charge is -2.41. The molecule has 0 unspecified atom stereocenters. The topological polar surface area (TPSA) is 86.3 Å². The molecule has 0 saturated carbocycles. The summed E-state index contributed by atoms with van der Waals surface area (Å²) in [5.41, 5.74) is 0.423. The Hall–Kier alpha value is -2.10. The van der Waals surface area contributed by atoms with Crippen molar-refractivity contribution in [3.63, 3.8) is 0 Å². The molecule has 0 heterocycles. The SMILES string of the molecule is COc1ccc(COC[C@H](C)NC(=O)[C@@H](C)[C@@H](CN(C)C(=O)OC(C)(C)C)O[Si](C)(C)C(C)(C)C)cc1. The Balaban J connectivity index is 2.83. The number of nitrogens with one attached hydrogen (secondary N) is 1. The van der Waals surface area contributed by atoms with Gasteiger partial charge >= 0.3 is 6.09 Å². The maximum absolute atomic E-state index is 13.2. The smallest absolute Gasteiger partial charge is 0.410 e. The van der Waals surface area contributed by atoms with Gasteiger partial charge in [-0.1, -0.05) is 39.8 Å². The molecule has 0 fully saturated rings. The molecule has 0 saturated heterocycles. The predicted octanol–water partition coefficient (Wildman–Crippen LogP) is 5.61. The normalized spacial score (nSPS) is 14.9. The molecule has 0 radical (unpaired) electrons. The van der Waals surface area contributed by atoms with Gasteiger partial charge in [0.05, 0.1) is 32.3 Å². The highest BCUT2D eigenvalue weighted by molar-refractivity contribution is 6.74. The van der Waals surface area contributed by atoms with Gasteiger partial charge in [-0.15, -0.1) is 0 Å². The zero-order valence-corrected chi connectivity index (χ0v) is 26.1. The second kappa shape index (κ2) is 13.6. The number of ether oxygens (including phenoxy) is 3. The van der Waals surface area contributed by atoms with Crippen LogP contribution in [0, 0.1) is 5.92 Å². The zero-order chi connectivity index (χ0) is 28.6. The van der Waals surface area contributed by atoms with Crippen LogP contribution in [-0.2, 0) is 25.3 Å². The molecule has 0 spiro atoms. The molecule has 9 heteroatoms. The highest BCUT2D eigenvalue weighted by Crippen LogP contribution is 2.38. The Kier molecular flexibility index (Phi) is 12.1. The lowest BCUT2D eigenvalue weighted by molar-refractivity contribution is -0.129. The van der Waals surface area contributed by atoms with Gasteiger partial charge in [-0.05, 0) is 63.5 Å². The van der Waals surface area contributed by atoms with E-state index in [1.54, 1.807) is 14.2 Å².